The van der Waals surface area contributed by atoms with Crippen LogP contribution in [-0.4, -0.2) is 28.6 Å². The lowest BCUT2D eigenvalue weighted by atomic mass is 10.3. The highest BCUT2D eigenvalue weighted by Gasteiger charge is 2.23. The van der Waals surface area contributed by atoms with Crippen LogP contribution in [0.1, 0.15) is 0 Å². The minimum atomic E-state index is -3.88. The topological polar surface area (TPSA) is 72.9 Å². The molecule has 0 aliphatic heterocycles. The molecule has 0 saturated heterocycles. The first kappa shape index (κ1) is 17.6. The molecule has 0 spiro atoms. The van der Waals surface area contributed by atoms with E-state index in [-0.39, 0.29) is 4.90 Å². The molecule has 0 atom stereocenters. The van der Waals surface area contributed by atoms with Crippen LogP contribution in [0.5, 0.6) is 5.75 Å². The van der Waals surface area contributed by atoms with Crippen LogP contribution in [0.3, 0.4) is 0 Å². The molecule has 0 aliphatic carbocycles. The van der Waals surface area contributed by atoms with Gasteiger partial charge in [0.25, 0.3) is 10.0 Å². The fourth-order valence-corrected chi connectivity index (χ4v) is 3.29. The third-order valence-electron chi connectivity index (χ3n) is 3.17. The third kappa shape index (κ3) is 3.94. The number of sulfonamides is 1. The van der Waals surface area contributed by atoms with Crippen LogP contribution in [0.2, 0.25) is 0 Å². The summed E-state index contributed by atoms with van der Waals surface area (Å²) in [4.78, 5) is 11.5. The molecule has 0 radical (unpaired) electrons. The zero-order chi connectivity index (χ0) is 17.6. The highest BCUT2D eigenvalue weighted by atomic mass is 32.2. The summed E-state index contributed by atoms with van der Waals surface area (Å²) in [5, 5.41) is 0. The highest BCUT2D eigenvalue weighted by Crippen LogP contribution is 2.26. The molecule has 0 N–H and O–H groups in total. The van der Waals surface area contributed by atoms with Gasteiger partial charge in [-0.15, -0.1) is 0 Å². The number of nitrogens with zero attached hydrogens (tertiary/aromatic N) is 1. The molecule has 0 bridgehead atoms. The standard InChI is InChI=1S/C17H17NO5S/c1-22-15-10-8-14(9-11-15)18(13-12-17(19)23-2)24(20,21)16-6-4-3-5-7-16/h3-13H,1-2H3/b13-12+. The number of esters is 1. The van der Waals surface area contributed by atoms with Crippen LogP contribution in [0, 0.1) is 0 Å². The maximum Gasteiger partial charge on any atom is 0.331 e. The molecule has 0 amide bonds. The van der Waals surface area contributed by atoms with E-state index < -0.39 is 16.0 Å². The monoisotopic (exact) mass is 347 g/mol. The van der Waals surface area contributed by atoms with E-state index in [0.29, 0.717) is 11.4 Å². The molecule has 0 aromatic heterocycles. The van der Waals surface area contributed by atoms with Crippen molar-refractivity contribution in [3.05, 3.63) is 66.9 Å². The van der Waals surface area contributed by atoms with Crippen molar-refractivity contribution in [2.45, 2.75) is 4.90 Å². The number of methoxy groups -OCH3 is 2. The molecule has 0 saturated carbocycles. The summed E-state index contributed by atoms with van der Waals surface area (Å²) >= 11 is 0. The first-order chi connectivity index (χ1) is 11.5. The zero-order valence-electron chi connectivity index (χ0n) is 13.2. The maximum atomic E-state index is 12.9. The second-order valence-corrected chi connectivity index (χ2v) is 6.47. The second kappa shape index (κ2) is 7.65. The zero-order valence-corrected chi connectivity index (χ0v) is 14.1. The Morgan fingerprint density at radius 3 is 2.17 bits per heavy atom. The van der Waals surface area contributed by atoms with Gasteiger partial charge in [-0.1, -0.05) is 18.2 Å². The van der Waals surface area contributed by atoms with Crippen molar-refractivity contribution in [1.82, 2.24) is 0 Å². The summed E-state index contributed by atoms with van der Waals surface area (Å²) in [6.07, 6.45) is 2.21. The quantitative estimate of drug-likeness (QED) is 0.593. The summed E-state index contributed by atoms with van der Waals surface area (Å²) in [5.74, 6) is -0.0653. The molecule has 6 nitrogen and oxygen atoms in total. The van der Waals surface area contributed by atoms with Crippen molar-refractivity contribution in [3.8, 4) is 5.75 Å². The number of benzene rings is 2. The van der Waals surface area contributed by atoms with Gasteiger partial charge >= 0.3 is 5.97 Å². The van der Waals surface area contributed by atoms with Gasteiger partial charge < -0.3 is 9.47 Å². The van der Waals surface area contributed by atoms with E-state index in [2.05, 4.69) is 4.74 Å². The fourth-order valence-electron chi connectivity index (χ4n) is 1.94. The van der Waals surface area contributed by atoms with Gasteiger partial charge in [-0.3, -0.25) is 0 Å². The maximum absolute atomic E-state index is 12.9. The first-order valence-corrected chi connectivity index (χ1v) is 8.42. The Bertz CT molecular complexity index is 814. The number of ether oxygens (including phenoxy) is 2. The normalized spacial score (nSPS) is 11.2. The predicted octanol–water partition coefficient (Wildman–Crippen LogP) is 2.58. The highest BCUT2D eigenvalue weighted by molar-refractivity contribution is 7.93. The number of carbonyl (C=O) groups excluding carboxylic acids is 1. The summed E-state index contributed by atoms with van der Waals surface area (Å²) in [7, 11) is -1.14. The van der Waals surface area contributed by atoms with Crippen molar-refractivity contribution >= 4 is 21.7 Å². The van der Waals surface area contributed by atoms with Crippen molar-refractivity contribution in [2.75, 3.05) is 18.5 Å². The molecule has 0 heterocycles. The Morgan fingerprint density at radius 1 is 1.00 bits per heavy atom. The van der Waals surface area contributed by atoms with Crippen LogP contribution in [0.4, 0.5) is 5.69 Å². The molecule has 126 valence electrons. The Labute approximate surface area is 141 Å². The van der Waals surface area contributed by atoms with Crippen LogP contribution in [0.25, 0.3) is 0 Å². The predicted molar refractivity (Wildman–Crippen MR) is 90.3 cm³/mol. The lowest BCUT2D eigenvalue weighted by molar-refractivity contribution is -0.134. The largest absolute Gasteiger partial charge is 0.497 e. The molecule has 2 aromatic rings. The van der Waals surface area contributed by atoms with Crippen molar-refractivity contribution in [3.63, 3.8) is 0 Å². The smallest absolute Gasteiger partial charge is 0.331 e. The van der Waals surface area contributed by atoms with Crippen LogP contribution < -0.4 is 9.04 Å². The van der Waals surface area contributed by atoms with Crippen molar-refractivity contribution in [1.29, 1.82) is 0 Å². The lowest BCUT2D eigenvalue weighted by Gasteiger charge is -2.20. The van der Waals surface area contributed by atoms with Crippen LogP contribution in [0.15, 0.2) is 71.8 Å². The summed E-state index contributed by atoms with van der Waals surface area (Å²) < 4.78 is 36.4. The van der Waals surface area contributed by atoms with E-state index in [1.807, 2.05) is 0 Å². The Morgan fingerprint density at radius 2 is 1.62 bits per heavy atom. The van der Waals surface area contributed by atoms with Gasteiger partial charge in [0.1, 0.15) is 5.75 Å². The first-order valence-electron chi connectivity index (χ1n) is 6.98. The van der Waals surface area contributed by atoms with Gasteiger partial charge in [-0.25, -0.2) is 17.5 Å². The molecular formula is C17H17NO5S. The average molecular weight is 347 g/mol. The van der Waals surface area contributed by atoms with E-state index in [1.54, 1.807) is 42.5 Å². The molecule has 2 rings (SSSR count). The van der Waals surface area contributed by atoms with E-state index in [4.69, 9.17) is 4.74 Å². The van der Waals surface area contributed by atoms with Crippen LogP contribution >= 0.6 is 0 Å². The van der Waals surface area contributed by atoms with Gasteiger partial charge in [0.2, 0.25) is 0 Å². The Hall–Kier alpha value is -2.80. The van der Waals surface area contributed by atoms with E-state index in [0.717, 1.165) is 16.6 Å². The molecule has 2 aromatic carbocycles. The number of anilines is 1. The van der Waals surface area contributed by atoms with E-state index in [9.17, 15) is 13.2 Å². The number of rotatable bonds is 6. The van der Waals surface area contributed by atoms with Crippen LogP contribution in [-0.2, 0) is 19.6 Å². The van der Waals surface area contributed by atoms with Crippen molar-refractivity contribution in [2.24, 2.45) is 0 Å². The number of hydrogen-bond acceptors (Lipinski definition) is 5. The summed E-state index contributed by atoms with van der Waals surface area (Å²) in [6.45, 7) is 0. The molecule has 7 heteroatoms. The molecule has 0 fully saturated rings. The van der Waals surface area contributed by atoms with E-state index >= 15 is 0 Å². The summed E-state index contributed by atoms with van der Waals surface area (Å²) in [5.41, 5.74) is 0.361. The second-order valence-electron chi connectivity index (χ2n) is 4.65. The summed E-state index contributed by atoms with van der Waals surface area (Å²) in [6, 6.07) is 14.4. The average Bonchev–Trinajstić information content (AvgIpc) is 2.62. The molecular weight excluding hydrogens is 330 g/mol. The van der Waals surface area contributed by atoms with Gasteiger partial charge in [-0.2, -0.15) is 0 Å². The molecule has 0 unspecified atom stereocenters. The van der Waals surface area contributed by atoms with Gasteiger partial charge in [0.15, 0.2) is 0 Å². The number of carbonyl (C=O) groups is 1. The van der Waals surface area contributed by atoms with E-state index in [1.165, 1.54) is 26.4 Å². The number of hydrogen-bond donors (Lipinski definition) is 0. The van der Waals surface area contributed by atoms with Crippen molar-refractivity contribution < 1.29 is 22.7 Å². The van der Waals surface area contributed by atoms with Gasteiger partial charge in [0.05, 0.1) is 24.8 Å². The Balaban J connectivity index is 2.49. The van der Waals surface area contributed by atoms with Gasteiger partial charge in [0, 0.05) is 12.3 Å². The lowest BCUT2D eigenvalue weighted by Crippen LogP contribution is -2.26. The Kier molecular flexibility index (Phi) is 5.59. The molecule has 0 aliphatic rings. The SMILES string of the molecule is COC(=O)/C=C/N(c1ccc(OC)cc1)S(=O)(=O)c1ccccc1. The fraction of sp³-hybridized carbons (Fsp3) is 0.118. The van der Waals surface area contributed by atoms with Gasteiger partial charge in [-0.05, 0) is 36.4 Å². The third-order valence-corrected chi connectivity index (χ3v) is 4.89. The molecule has 24 heavy (non-hydrogen) atoms. The minimum absolute atomic E-state index is 0.107. The minimum Gasteiger partial charge on any atom is -0.497 e.